The Hall–Kier alpha value is -2.69. The van der Waals surface area contributed by atoms with E-state index in [9.17, 15) is 24.1 Å². The Morgan fingerprint density at radius 3 is 2.59 bits per heavy atom. The summed E-state index contributed by atoms with van der Waals surface area (Å²) in [5.74, 6) is -5.61. The van der Waals surface area contributed by atoms with Gasteiger partial charge in [0.25, 0.3) is 0 Å². The lowest BCUT2D eigenvalue weighted by Gasteiger charge is -2.25. The molecule has 1 aromatic carbocycles. The lowest BCUT2D eigenvalue weighted by atomic mass is 10.1. The summed E-state index contributed by atoms with van der Waals surface area (Å²) in [5, 5.41) is 15.5. The van der Waals surface area contributed by atoms with Gasteiger partial charge in [0.1, 0.15) is 23.7 Å². The number of hydrogen-bond donors (Lipinski definition) is 3. The molecule has 1 aromatic heterocycles. The first-order valence-electron chi connectivity index (χ1n) is 14.2. The molecular formula is C27H34Cl2F2N5O9P. The molecule has 3 heterocycles. The summed E-state index contributed by atoms with van der Waals surface area (Å²) in [6.45, 7) is 4.26. The van der Waals surface area contributed by atoms with E-state index in [1.54, 1.807) is 20.9 Å². The monoisotopic (exact) mass is 711 g/mol. The number of aliphatic hydroxyl groups excluding tert-OH is 1. The molecule has 3 N–H and O–H groups in total. The Balaban J connectivity index is 1.50. The van der Waals surface area contributed by atoms with Crippen molar-refractivity contribution < 1.29 is 46.6 Å². The predicted molar refractivity (Wildman–Crippen MR) is 162 cm³/mol. The van der Waals surface area contributed by atoms with Crippen LogP contribution in [0.2, 0.25) is 10.0 Å². The van der Waals surface area contributed by atoms with Crippen molar-refractivity contribution in [1.82, 2.24) is 19.5 Å². The van der Waals surface area contributed by atoms with Gasteiger partial charge in [-0.15, -0.1) is 0 Å². The maximum Gasteiger partial charge on any atom is 0.459 e. The van der Waals surface area contributed by atoms with Gasteiger partial charge in [-0.25, -0.2) is 9.36 Å². The number of nitrogens with zero attached hydrogens (tertiary/aromatic N) is 3. The Morgan fingerprint density at radius 1 is 1.26 bits per heavy atom. The Labute approximate surface area is 272 Å². The maximum atomic E-state index is 15.3. The average Bonchev–Trinajstić information content (AvgIpc) is 3.49. The van der Waals surface area contributed by atoms with Gasteiger partial charge in [0.05, 0.1) is 23.8 Å². The fourth-order valence-electron chi connectivity index (χ4n) is 4.78. The van der Waals surface area contributed by atoms with Gasteiger partial charge in [0.2, 0.25) is 12.1 Å². The predicted octanol–water partition coefficient (Wildman–Crippen LogP) is 3.61. The van der Waals surface area contributed by atoms with E-state index in [1.165, 1.54) is 25.1 Å². The van der Waals surface area contributed by atoms with Crippen LogP contribution in [-0.4, -0.2) is 88.0 Å². The van der Waals surface area contributed by atoms with Gasteiger partial charge in [0, 0.05) is 11.2 Å². The van der Waals surface area contributed by atoms with Crippen molar-refractivity contribution in [3.8, 4) is 5.75 Å². The molecule has 0 spiro atoms. The van der Waals surface area contributed by atoms with Gasteiger partial charge in [-0.1, -0.05) is 23.2 Å². The number of aromatic nitrogens is 2. The van der Waals surface area contributed by atoms with Crippen LogP contribution in [0.5, 0.6) is 5.75 Å². The number of ether oxygens (including phenoxy) is 2. The summed E-state index contributed by atoms with van der Waals surface area (Å²) in [4.78, 5) is 43.2. The third-order valence-corrected chi connectivity index (χ3v) is 9.27. The molecule has 0 aliphatic carbocycles. The van der Waals surface area contributed by atoms with Crippen LogP contribution in [0.4, 0.5) is 14.6 Å². The van der Waals surface area contributed by atoms with E-state index in [0.717, 1.165) is 25.2 Å². The third kappa shape index (κ3) is 8.42. The number of esters is 1. The second-order valence-electron chi connectivity index (χ2n) is 11.1. The standard InChI is InChI=1S/C27H34Cl2F2N5O9P/c1-14(2)43-24(39)15(3)34-46(41,45-19-8-7-16(28)12-17(19)29)42-13-20-22(37)27(30,31)25(44-20)36-11-9-21(33-26(36)40)32-23(38)18-6-5-10-35(18)4/h7-9,11-12,14-15,18,20,22,25,37H,5-6,10,13H2,1-4H3,(H,34,41)(H,32,33,38,40). The Morgan fingerprint density at radius 2 is 1.98 bits per heavy atom. The molecule has 2 aliphatic heterocycles. The number of likely N-dealkylation sites (N-methyl/N-ethyl adjacent to an activating group) is 1. The zero-order valence-corrected chi connectivity index (χ0v) is 27.6. The zero-order valence-electron chi connectivity index (χ0n) is 25.2. The highest BCUT2D eigenvalue weighted by Gasteiger charge is 2.60. The van der Waals surface area contributed by atoms with Crippen molar-refractivity contribution in [3.63, 3.8) is 0 Å². The maximum absolute atomic E-state index is 15.3. The summed E-state index contributed by atoms with van der Waals surface area (Å²) in [6.07, 6.45) is -4.87. The van der Waals surface area contributed by atoms with Crippen LogP contribution in [0.15, 0.2) is 35.3 Å². The summed E-state index contributed by atoms with van der Waals surface area (Å²) in [7, 11) is -2.85. The van der Waals surface area contributed by atoms with Crippen molar-refractivity contribution >= 4 is 48.6 Å². The average molecular weight is 712 g/mol. The molecule has 4 rings (SSSR count). The van der Waals surface area contributed by atoms with Gasteiger partial charge in [0.15, 0.2) is 6.10 Å². The second-order valence-corrected chi connectivity index (χ2v) is 13.6. The van der Waals surface area contributed by atoms with Crippen LogP contribution in [0, 0.1) is 0 Å². The number of halogens is 4. The molecule has 14 nitrogen and oxygen atoms in total. The summed E-state index contributed by atoms with van der Waals surface area (Å²) < 4.78 is 66.1. The highest BCUT2D eigenvalue weighted by Crippen LogP contribution is 2.49. The summed E-state index contributed by atoms with van der Waals surface area (Å²) >= 11 is 12.0. The first-order valence-corrected chi connectivity index (χ1v) is 16.5. The molecule has 46 heavy (non-hydrogen) atoms. The van der Waals surface area contributed by atoms with Crippen LogP contribution in [0.3, 0.4) is 0 Å². The van der Waals surface area contributed by atoms with Crippen LogP contribution in [0.25, 0.3) is 0 Å². The van der Waals surface area contributed by atoms with Gasteiger partial charge < -0.3 is 24.4 Å². The largest absolute Gasteiger partial charge is 0.462 e. The quantitative estimate of drug-likeness (QED) is 0.216. The van der Waals surface area contributed by atoms with Crippen molar-refractivity contribution in [2.45, 2.75) is 76.2 Å². The van der Waals surface area contributed by atoms with Gasteiger partial charge in [-0.05, 0) is 71.5 Å². The number of hydrogen-bond acceptors (Lipinski definition) is 11. The molecule has 6 atom stereocenters. The first-order chi connectivity index (χ1) is 21.5. The van der Waals surface area contributed by atoms with Crippen molar-refractivity contribution in [3.05, 3.63) is 51.0 Å². The molecule has 2 aliphatic rings. The summed E-state index contributed by atoms with van der Waals surface area (Å²) in [6, 6.07) is 3.36. The van der Waals surface area contributed by atoms with Crippen molar-refractivity contribution in [2.75, 3.05) is 25.5 Å². The smallest absolute Gasteiger partial charge is 0.459 e. The number of anilines is 1. The number of benzene rings is 1. The van der Waals surface area contributed by atoms with E-state index in [0.29, 0.717) is 11.0 Å². The first kappa shape index (κ1) is 36.2. The molecule has 2 aromatic rings. The normalized spacial score (nSPS) is 24.8. The molecule has 0 radical (unpaired) electrons. The molecule has 6 unspecified atom stereocenters. The minimum Gasteiger partial charge on any atom is -0.462 e. The van der Waals surface area contributed by atoms with Gasteiger partial charge in [-0.3, -0.25) is 23.6 Å². The van der Waals surface area contributed by atoms with Crippen molar-refractivity contribution in [2.24, 2.45) is 0 Å². The number of amides is 1. The molecule has 2 saturated heterocycles. The van der Waals surface area contributed by atoms with Gasteiger partial charge in [-0.2, -0.15) is 18.9 Å². The highest BCUT2D eigenvalue weighted by atomic mass is 35.5. The SMILES string of the molecule is CC(C)OC(=O)C(C)NP(=O)(OCC1OC(n2ccc(NC(=O)C3CCCN3C)nc2=O)C(F)(F)C1O)Oc1ccc(Cl)cc1Cl. The number of carbonyl (C=O) groups excluding carboxylic acids is 2. The van der Waals surface area contributed by atoms with Gasteiger partial charge >= 0.3 is 25.3 Å². The van der Waals surface area contributed by atoms with E-state index in [1.807, 2.05) is 4.90 Å². The minimum absolute atomic E-state index is 0.0824. The second kappa shape index (κ2) is 14.6. The number of rotatable bonds is 12. The zero-order chi connectivity index (χ0) is 34.0. The lowest BCUT2D eigenvalue weighted by Crippen LogP contribution is -2.42. The van der Waals surface area contributed by atoms with E-state index in [4.69, 9.17) is 41.7 Å². The van der Waals surface area contributed by atoms with Crippen LogP contribution in [-0.2, 0) is 28.2 Å². The van der Waals surface area contributed by atoms with E-state index in [-0.39, 0.29) is 21.6 Å². The Bertz CT molecular complexity index is 1550. The number of aliphatic hydroxyl groups is 1. The van der Waals surface area contributed by atoms with E-state index in [2.05, 4.69) is 15.4 Å². The number of carbonyl (C=O) groups is 2. The molecule has 2 fully saturated rings. The molecule has 254 valence electrons. The fourth-order valence-corrected chi connectivity index (χ4v) is 6.80. The number of alkyl halides is 2. The van der Waals surface area contributed by atoms with Crippen molar-refractivity contribution in [1.29, 1.82) is 0 Å². The number of nitrogens with one attached hydrogen (secondary N) is 2. The van der Waals surface area contributed by atoms with Crippen LogP contribution >= 0.6 is 30.9 Å². The highest BCUT2D eigenvalue weighted by molar-refractivity contribution is 7.52. The van der Waals surface area contributed by atoms with Crippen LogP contribution in [0.1, 0.15) is 39.8 Å². The fraction of sp³-hybridized carbons (Fsp3) is 0.556. The molecular weight excluding hydrogens is 678 g/mol. The minimum atomic E-state index is -4.63. The summed E-state index contributed by atoms with van der Waals surface area (Å²) in [5.41, 5.74) is -1.19. The van der Waals surface area contributed by atoms with Crippen LogP contribution < -0.4 is 20.6 Å². The molecule has 0 saturated carbocycles. The number of likely N-dealkylation sites (tertiary alicyclic amines) is 1. The topological polar surface area (TPSA) is 171 Å². The molecule has 19 heteroatoms. The van der Waals surface area contributed by atoms with E-state index < -0.39 is 74.5 Å². The third-order valence-electron chi connectivity index (χ3n) is 7.11. The molecule has 1 amide bonds. The lowest BCUT2D eigenvalue weighted by molar-refractivity contribution is -0.149. The molecule has 0 bridgehead atoms. The Kier molecular flexibility index (Phi) is 11.5. The van der Waals surface area contributed by atoms with E-state index >= 15 is 8.78 Å².